The highest BCUT2D eigenvalue weighted by Gasteiger charge is 2.30. The van der Waals surface area contributed by atoms with Crippen LogP contribution in [0.4, 0.5) is 18.9 Å². The predicted molar refractivity (Wildman–Crippen MR) is 94.2 cm³/mol. The summed E-state index contributed by atoms with van der Waals surface area (Å²) in [6.45, 7) is 3.25. The fraction of sp³-hybridized carbons (Fsp3) is 0.235. The van der Waals surface area contributed by atoms with Crippen molar-refractivity contribution in [2.45, 2.75) is 20.0 Å². The molecule has 0 saturated carbocycles. The van der Waals surface area contributed by atoms with Crippen LogP contribution in [0.5, 0.6) is 5.75 Å². The number of carbonyl (C=O) groups is 1. The Hall–Kier alpha value is -1.73. The number of alkyl halides is 3. The number of amides is 1. The van der Waals surface area contributed by atoms with Crippen LogP contribution < -0.4 is 10.1 Å². The Morgan fingerprint density at radius 1 is 1.28 bits per heavy atom. The van der Waals surface area contributed by atoms with Crippen molar-refractivity contribution in [1.29, 1.82) is 0 Å². The van der Waals surface area contributed by atoms with E-state index in [4.69, 9.17) is 16.3 Å². The molecule has 0 bridgehead atoms. The van der Waals surface area contributed by atoms with Crippen LogP contribution in [0.1, 0.15) is 16.7 Å². The van der Waals surface area contributed by atoms with E-state index in [1.165, 1.54) is 12.1 Å². The third-order valence-corrected chi connectivity index (χ3v) is 4.97. The molecule has 0 fully saturated rings. The third kappa shape index (κ3) is 4.89. The fourth-order valence-electron chi connectivity index (χ4n) is 2.12. The summed E-state index contributed by atoms with van der Waals surface area (Å²) in [5.74, 6) is -0.143. The van der Waals surface area contributed by atoms with Gasteiger partial charge in [-0.15, -0.1) is 0 Å². The molecule has 0 unspecified atom stereocenters. The van der Waals surface area contributed by atoms with Gasteiger partial charge in [0, 0.05) is 10.7 Å². The second kappa shape index (κ2) is 7.66. The summed E-state index contributed by atoms with van der Waals surface area (Å²) in [5, 5.41) is 2.97. The molecule has 0 aliphatic rings. The van der Waals surface area contributed by atoms with Crippen LogP contribution in [0.15, 0.2) is 34.8 Å². The molecule has 0 saturated heterocycles. The molecule has 1 amide bonds. The van der Waals surface area contributed by atoms with E-state index in [2.05, 4.69) is 21.2 Å². The minimum Gasteiger partial charge on any atom is -0.483 e. The average molecular weight is 437 g/mol. The number of rotatable bonds is 4. The van der Waals surface area contributed by atoms with Crippen LogP contribution in [-0.4, -0.2) is 12.5 Å². The van der Waals surface area contributed by atoms with E-state index in [9.17, 15) is 18.0 Å². The zero-order valence-electron chi connectivity index (χ0n) is 13.3. The Labute approximate surface area is 156 Å². The van der Waals surface area contributed by atoms with Crippen molar-refractivity contribution in [2.75, 3.05) is 11.9 Å². The lowest BCUT2D eigenvalue weighted by Crippen LogP contribution is -2.20. The van der Waals surface area contributed by atoms with Gasteiger partial charge in [-0.1, -0.05) is 17.7 Å². The lowest BCUT2D eigenvalue weighted by Gasteiger charge is -2.13. The van der Waals surface area contributed by atoms with Gasteiger partial charge in [-0.25, -0.2) is 0 Å². The Kier molecular flexibility index (Phi) is 6.00. The van der Waals surface area contributed by atoms with Gasteiger partial charge in [0.15, 0.2) is 6.61 Å². The molecule has 0 aliphatic heterocycles. The van der Waals surface area contributed by atoms with Gasteiger partial charge in [0.1, 0.15) is 5.75 Å². The Morgan fingerprint density at radius 3 is 2.60 bits per heavy atom. The highest BCUT2D eigenvalue weighted by atomic mass is 79.9. The largest absolute Gasteiger partial charge is 0.483 e. The van der Waals surface area contributed by atoms with E-state index in [1.54, 1.807) is 19.9 Å². The van der Waals surface area contributed by atoms with Crippen LogP contribution in [-0.2, 0) is 11.0 Å². The standard InChI is InChI=1S/C17H14BrClF3NO2/c1-9-6-13(15(18)10(2)16(9)19)25-8-14(24)23-12-5-3-4-11(7-12)17(20,21)22/h3-7H,8H2,1-2H3,(H,23,24). The van der Waals surface area contributed by atoms with Crippen molar-refractivity contribution in [2.24, 2.45) is 0 Å². The molecule has 134 valence electrons. The summed E-state index contributed by atoms with van der Waals surface area (Å²) in [7, 11) is 0. The molecule has 8 heteroatoms. The highest BCUT2D eigenvalue weighted by Crippen LogP contribution is 2.35. The van der Waals surface area contributed by atoms with Crippen LogP contribution >= 0.6 is 27.5 Å². The van der Waals surface area contributed by atoms with Crippen molar-refractivity contribution >= 4 is 39.1 Å². The highest BCUT2D eigenvalue weighted by molar-refractivity contribution is 9.10. The van der Waals surface area contributed by atoms with Crippen molar-refractivity contribution < 1.29 is 22.7 Å². The van der Waals surface area contributed by atoms with Crippen molar-refractivity contribution in [1.82, 2.24) is 0 Å². The molecule has 0 radical (unpaired) electrons. The summed E-state index contributed by atoms with van der Waals surface area (Å²) < 4.78 is 44.1. The first-order valence-corrected chi connectivity index (χ1v) is 8.32. The molecule has 2 aromatic rings. The number of carbonyl (C=O) groups excluding carboxylic acids is 1. The lowest BCUT2D eigenvalue weighted by atomic mass is 10.1. The van der Waals surface area contributed by atoms with Crippen LogP contribution in [0.3, 0.4) is 0 Å². The first-order valence-electron chi connectivity index (χ1n) is 7.14. The molecule has 0 heterocycles. The first-order chi connectivity index (χ1) is 11.6. The van der Waals surface area contributed by atoms with Crippen molar-refractivity contribution in [3.05, 3.63) is 56.5 Å². The molecule has 0 aliphatic carbocycles. The monoisotopic (exact) mass is 435 g/mol. The number of aryl methyl sites for hydroxylation is 1. The van der Waals surface area contributed by atoms with Crippen LogP contribution in [0.2, 0.25) is 5.02 Å². The molecule has 1 N–H and O–H groups in total. The van der Waals surface area contributed by atoms with Crippen molar-refractivity contribution in [3.8, 4) is 5.75 Å². The first kappa shape index (κ1) is 19.6. The van der Waals surface area contributed by atoms with Gasteiger partial charge in [0.2, 0.25) is 0 Å². The Morgan fingerprint density at radius 2 is 1.96 bits per heavy atom. The van der Waals surface area contributed by atoms with Gasteiger partial charge in [-0.3, -0.25) is 4.79 Å². The number of hydrogen-bond acceptors (Lipinski definition) is 2. The summed E-state index contributed by atoms with van der Waals surface area (Å²) in [5.41, 5.74) is 0.773. The third-order valence-electron chi connectivity index (χ3n) is 3.40. The zero-order chi connectivity index (χ0) is 18.8. The molecule has 0 aromatic heterocycles. The molecule has 2 aromatic carbocycles. The second-order valence-corrected chi connectivity index (χ2v) is 6.53. The molecular formula is C17H14BrClF3NO2. The topological polar surface area (TPSA) is 38.3 Å². The van der Waals surface area contributed by atoms with Gasteiger partial charge in [0.05, 0.1) is 10.0 Å². The van der Waals surface area contributed by atoms with E-state index >= 15 is 0 Å². The van der Waals surface area contributed by atoms with E-state index in [0.717, 1.165) is 23.3 Å². The zero-order valence-corrected chi connectivity index (χ0v) is 15.6. The van der Waals surface area contributed by atoms with Gasteiger partial charge >= 0.3 is 6.18 Å². The molecule has 3 nitrogen and oxygen atoms in total. The van der Waals surface area contributed by atoms with Crippen molar-refractivity contribution in [3.63, 3.8) is 0 Å². The molecule has 0 atom stereocenters. The Balaban J connectivity index is 2.05. The van der Waals surface area contributed by atoms with Gasteiger partial charge in [0.25, 0.3) is 5.91 Å². The SMILES string of the molecule is Cc1cc(OCC(=O)Nc2cccc(C(F)(F)F)c2)c(Br)c(C)c1Cl. The summed E-state index contributed by atoms with van der Waals surface area (Å²) in [6.07, 6.45) is -4.47. The summed E-state index contributed by atoms with van der Waals surface area (Å²) >= 11 is 9.47. The van der Waals surface area contributed by atoms with E-state index < -0.39 is 17.6 Å². The summed E-state index contributed by atoms with van der Waals surface area (Å²) in [4.78, 5) is 11.9. The Bertz CT molecular complexity index is 809. The quantitative estimate of drug-likeness (QED) is 0.662. The molecule has 25 heavy (non-hydrogen) atoms. The van der Waals surface area contributed by atoms with Gasteiger partial charge in [-0.05, 0) is 65.2 Å². The minimum absolute atomic E-state index is 0.0472. The smallest absolute Gasteiger partial charge is 0.416 e. The van der Waals surface area contributed by atoms with E-state index in [1.807, 2.05) is 0 Å². The number of nitrogens with one attached hydrogen (secondary N) is 1. The van der Waals surface area contributed by atoms with E-state index in [-0.39, 0.29) is 12.3 Å². The molecule has 2 rings (SSSR count). The predicted octanol–water partition coefficient (Wildman–Crippen LogP) is 5.76. The summed E-state index contributed by atoms with van der Waals surface area (Å²) in [6, 6.07) is 6.07. The number of benzene rings is 2. The number of halogens is 5. The number of hydrogen-bond donors (Lipinski definition) is 1. The minimum atomic E-state index is -4.47. The maximum absolute atomic E-state index is 12.7. The van der Waals surface area contributed by atoms with Gasteiger partial charge < -0.3 is 10.1 Å². The second-order valence-electron chi connectivity index (χ2n) is 5.36. The maximum Gasteiger partial charge on any atom is 0.416 e. The number of ether oxygens (including phenoxy) is 1. The maximum atomic E-state index is 12.7. The van der Waals surface area contributed by atoms with E-state index in [0.29, 0.717) is 15.2 Å². The fourth-order valence-corrected chi connectivity index (χ4v) is 2.81. The molecule has 0 spiro atoms. The van der Waals surface area contributed by atoms with Crippen LogP contribution in [0.25, 0.3) is 0 Å². The average Bonchev–Trinajstić information content (AvgIpc) is 2.54. The van der Waals surface area contributed by atoms with Crippen LogP contribution in [0, 0.1) is 13.8 Å². The lowest BCUT2D eigenvalue weighted by molar-refractivity contribution is -0.137. The number of anilines is 1. The van der Waals surface area contributed by atoms with Gasteiger partial charge in [-0.2, -0.15) is 13.2 Å². The molecular weight excluding hydrogens is 423 g/mol. The normalized spacial score (nSPS) is 11.3.